The van der Waals surface area contributed by atoms with Crippen molar-refractivity contribution in [3.05, 3.63) is 102 Å². The van der Waals surface area contributed by atoms with Gasteiger partial charge in [-0.1, -0.05) is 66.7 Å². The van der Waals surface area contributed by atoms with E-state index >= 15 is 0 Å². The molecule has 17 heteroatoms. The number of likely N-dealkylation sites (N-methyl/N-ethyl adjacent to an activating group) is 1. The van der Waals surface area contributed by atoms with Crippen molar-refractivity contribution in [2.24, 2.45) is 5.73 Å². The molecule has 0 aliphatic heterocycles. The number of nitrogens with two attached hydrogens (primary N) is 1. The van der Waals surface area contributed by atoms with Crippen LogP contribution in [-0.2, 0) is 36.8 Å². The molecule has 4 rings (SSSR count). The molecule has 0 radical (unpaired) electrons. The number of carbonyl (C=O) groups excluding carboxylic acids is 5. The fraction of sp³-hybridized carbons (Fsp3) is 0.409. The molecule has 1 aromatic heterocycles. The summed E-state index contributed by atoms with van der Waals surface area (Å²) in [6.07, 6.45) is 2.07. The van der Waals surface area contributed by atoms with Gasteiger partial charge in [-0.05, 0) is 75.8 Å². The highest BCUT2D eigenvalue weighted by Crippen LogP contribution is 2.20. The van der Waals surface area contributed by atoms with Crippen molar-refractivity contribution >= 4 is 52.4 Å². The van der Waals surface area contributed by atoms with E-state index in [1.54, 1.807) is 57.3 Å². The van der Waals surface area contributed by atoms with Gasteiger partial charge in [-0.25, -0.2) is 15.0 Å². The molecule has 0 spiro atoms. The second-order valence-corrected chi connectivity index (χ2v) is 15.9. The van der Waals surface area contributed by atoms with Crippen LogP contribution in [0.5, 0.6) is 0 Å². The highest BCUT2D eigenvalue weighted by Gasteiger charge is 2.32. The Kier molecular flexibility index (Phi) is 17.6. The van der Waals surface area contributed by atoms with Crippen LogP contribution in [0.25, 0.3) is 10.9 Å². The molecule has 61 heavy (non-hydrogen) atoms. The number of aromatic nitrogens is 1. The number of carboxylic acids is 1. The normalized spacial score (nSPS) is 13.3. The van der Waals surface area contributed by atoms with Gasteiger partial charge in [0, 0.05) is 61.8 Å². The number of carboxylic acid groups (broad SMARTS) is 1. The molecule has 6 amide bonds. The number of carbonyl (C=O) groups is 6. The Bertz CT molecular complexity index is 2100. The lowest BCUT2D eigenvalue weighted by Crippen LogP contribution is -2.58. The zero-order valence-electron chi connectivity index (χ0n) is 35.4. The average Bonchev–Trinajstić information content (AvgIpc) is 3.61. The van der Waals surface area contributed by atoms with Gasteiger partial charge in [-0.15, -0.1) is 0 Å². The van der Waals surface area contributed by atoms with Gasteiger partial charge in [-0.3, -0.25) is 24.6 Å². The Morgan fingerprint density at radius 1 is 0.869 bits per heavy atom. The van der Waals surface area contributed by atoms with Crippen molar-refractivity contribution in [2.75, 3.05) is 25.5 Å². The largest absolute Gasteiger partial charge is 0.481 e. The first-order chi connectivity index (χ1) is 29.0. The Morgan fingerprint density at radius 2 is 1.56 bits per heavy atom. The van der Waals surface area contributed by atoms with Gasteiger partial charge in [0.05, 0.1) is 6.42 Å². The Hall–Kier alpha value is -6.46. The molecule has 3 aromatic carbocycles. The summed E-state index contributed by atoms with van der Waals surface area (Å²) in [6, 6.07) is 19.5. The fourth-order valence-electron chi connectivity index (χ4n) is 6.65. The van der Waals surface area contributed by atoms with E-state index < -0.39 is 66.0 Å². The summed E-state index contributed by atoms with van der Waals surface area (Å²) < 4.78 is 5.50. The number of aromatic amines is 1. The molecule has 4 atom stereocenters. The van der Waals surface area contributed by atoms with Crippen LogP contribution in [0, 0.1) is 6.92 Å². The van der Waals surface area contributed by atoms with E-state index in [-0.39, 0.29) is 25.4 Å². The first-order valence-electron chi connectivity index (χ1n) is 20.3. The maximum absolute atomic E-state index is 14.1. The molecular formula is C44H59N9O8. The molecule has 0 fully saturated rings. The predicted molar refractivity (Wildman–Crippen MR) is 232 cm³/mol. The van der Waals surface area contributed by atoms with Crippen LogP contribution in [-0.4, -0.2) is 101 Å². The summed E-state index contributed by atoms with van der Waals surface area (Å²) in [4.78, 5) is 82.3. The monoisotopic (exact) mass is 841 g/mol. The lowest BCUT2D eigenvalue weighted by Gasteiger charge is -2.30. The molecule has 10 N–H and O–H groups in total. The molecule has 0 bridgehead atoms. The van der Waals surface area contributed by atoms with Gasteiger partial charge < -0.3 is 46.7 Å². The number of anilines is 1. The van der Waals surface area contributed by atoms with Gasteiger partial charge in [0.15, 0.2) is 0 Å². The summed E-state index contributed by atoms with van der Waals surface area (Å²) >= 11 is 0. The van der Waals surface area contributed by atoms with E-state index in [1.165, 1.54) is 7.05 Å². The van der Waals surface area contributed by atoms with Crippen LogP contribution >= 0.6 is 0 Å². The first-order valence-corrected chi connectivity index (χ1v) is 20.3. The van der Waals surface area contributed by atoms with Crippen LogP contribution in [0.3, 0.4) is 0 Å². The highest BCUT2D eigenvalue weighted by atomic mass is 16.6. The zero-order chi connectivity index (χ0) is 44.5. The number of amides is 6. The van der Waals surface area contributed by atoms with Gasteiger partial charge in [0.25, 0.3) is 0 Å². The van der Waals surface area contributed by atoms with Crippen molar-refractivity contribution in [1.82, 2.24) is 36.7 Å². The number of ether oxygens (including phenoxy) is 1. The number of primary amides is 1. The maximum atomic E-state index is 14.1. The van der Waals surface area contributed by atoms with E-state index in [9.17, 15) is 33.9 Å². The highest BCUT2D eigenvalue weighted by molar-refractivity contribution is 5.92. The SMILES string of the molecule is Cc1ccccc1NC(=O)NCCCC[C@@H](CNN[C@@H](CC(=O)O)C(=O)N(C)[C@@H](Cc1ccccc1)C(N)=O)NC(=O)[C@H](Cc1c[nH]c2ccccc12)NC(=O)OC(C)(C)C. The predicted octanol–water partition coefficient (Wildman–Crippen LogP) is 3.88. The minimum atomic E-state index is -1.32. The van der Waals surface area contributed by atoms with Crippen molar-refractivity contribution < 1.29 is 38.6 Å². The molecule has 17 nitrogen and oxygen atoms in total. The second kappa shape index (κ2) is 22.8. The summed E-state index contributed by atoms with van der Waals surface area (Å²) in [5.41, 5.74) is 14.6. The second-order valence-electron chi connectivity index (χ2n) is 15.9. The number of nitrogens with zero attached hydrogens (tertiary/aromatic N) is 1. The summed E-state index contributed by atoms with van der Waals surface area (Å²) in [5, 5.41) is 22.0. The Balaban J connectivity index is 1.48. The Labute approximate surface area is 355 Å². The molecule has 0 saturated carbocycles. The van der Waals surface area contributed by atoms with Crippen molar-refractivity contribution in [3.63, 3.8) is 0 Å². The number of hydrogen-bond acceptors (Lipinski definition) is 9. The number of benzene rings is 3. The summed E-state index contributed by atoms with van der Waals surface area (Å²) in [7, 11) is 1.39. The van der Waals surface area contributed by atoms with E-state index in [2.05, 4.69) is 37.1 Å². The van der Waals surface area contributed by atoms with Gasteiger partial charge >= 0.3 is 18.1 Å². The molecule has 1 heterocycles. The van der Waals surface area contributed by atoms with Crippen LogP contribution in [0.15, 0.2) is 85.1 Å². The minimum absolute atomic E-state index is 0.00948. The molecular weight excluding hydrogens is 783 g/mol. The minimum Gasteiger partial charge on any atom is -0.481 e. The number of alkyl carbamates (subject to hydrolysis) is 1. The van der Waals surface area contributed by atoms with E-state index in [1.807, 2.05) is 55.5 Å². The molecule has 0 saturated heterocycles. The number of hydrazine groups is 1. The third kappa shape index (κ3) is 15.6. The summed E-state index contributed by atoms with van der Waals surface area (Å²) in [6.45, 7) is 7.38. The van der Waals surface area contributed by atoms with E-state index in [0.29, 0.717) is 31.5 Å². The number of aryl methyl sites for hydroxylation is 1. The lowest BCUT2D eigenvalue weighted by atomic mass is 10.0. The number of nitrogens with one attached hydrogen (secondary N) is 7. The number of unbranched alkanes of at least 4 members (excludes halogenated alkanes) is 1. The number of fused-ring (bicyclic) bond motifs is 1. The number of rotatable bonds is 22. The summed E-state index contributed by atoms with van der Waals surface area (Å²) in [5.74, 6) is -3.22. The smallest absolute Gasteiger partial charge is 0.408 e. The maximum Gasteiger partial charge on any atom is 0.408 e. The van der Waals surface area contributed by atoms with Crippen molar-refractivity contribution in [2.45, 2.75) is 96.0 Å². The molecule has 328 valence electrons. The lowest BCUT2D eigenvalue weighted by molar-refractivity contribution is -0.144. The standard InChI is InChI=1S/C44H59N9O8/c1-28-15-9-11-20-33(28)50-42(59)46-22-14-13-18-31(27-48-52-36(25-38(54)55)41(58)53(5)37(39(45)56)23-29-16-7-6-8-17-29)49-40(57)35(51-43(60)61-44(2,3)4)24-30-26-47-34-21-12-10-19-32(30)34/h6-12,15-17,19-21,26,31,35-37,47-48,52H,13-14,18,22-25,27H2,1-5H3,(H2,45,56)(H,49,57)(H,51,60)(H,54,55)(H2,46,50,59)/t31-,35-,36-,37-/m0/s1. The molecule has 4 aromatic rings. The van der Waals surface area contributed by atoms with Crippen LogP contribution in [0.2, 0.25) is 0 Å². The average molecular weight is 842 g/mol. The van der Waals surface area contributed by atoms with Gasteiger partial charge in [0.2, 0.25) is 17.7 Å². The third-order valence-electron chi connectivity index (χ3n) is 9.83. The van der Waals surface area contributed by atoms with Crippen LogP contribution in [0.1, 0.15) is 63.1 Å². The zero-order valence-corrected chi connectivity index (χ0v) is 35.4. The number of urea groups is 1. The number of para-hydroxylation sites is 2. The number of aliphatic carboxylic acids is 1. The number of hydrogen-bond donors (Lipinski definition) is 9. The van der Waals surface area contributed by atoms with Crippen molar-refractivity contribution in [1.29, 1.82) is 0 Å². The third-order valence-corrected chi connectivity index (χ3v) is 9.83. The Morgan fingerprint density at radius 3 is 2.25 bits per heavy atom. The van der Waals surface area contributed by atoms with E-state index in [0.717, 1.165) is 32.5 Å². The number of H-pyrrole nitrogens is 1. The molecule has 0 aliphatic carbocycles. The van der Waals surface area contributed by atoms with Gasteiger partial charge in [-0.2, -0.15) is 0 Å². The fourth-order valence-corrected chi connectivity index (χ4v) is 6.65. The van der Waals surface area contributed by atoms with Crippen LogP contribution < -0.4 is 37.9 Å². The van der Waals surface area contributed by atoms with Crippen LogP contribution in [0.4, 0.5) is 15.3 Å². The quantitative estimate of drug-likeness (QED) is 0.0408. The van der Waals surface area contributed by atoms with Crippen molar-refractivity contribution in [3.8, 4) is 0 Å². The van der Waals surface area contributed by atoms with E-state index in [4.69, 9.17) is 10.5 Å². The molecule has 0 unspecified atom stereocenters. The van der Waals surface area contributed by atoms with Gasteiger partial charge in [0.1, 0.15) is 23.7 Å². The molecule has 0 aliphatic rings. The topological polar surface area (TPSA) is 249 Å². The first kappa shape index (κ1) is 47.2.